The van der Waals surface area contributed by atoms with Crippen molar-refractivity contribution in [1.82, 2.24) is 0 Å². The van der Waals surface area contributed by atoms with Crippen molar-refractivity contribution in [2.24, 2.45) is 28.6 Å². The summed E-state index contributed by atoms with van der Waals surface area (Å²) < 4.78 is 5.88. The van der Waals surface area contributed by atoms with Crippen LogP contribution in [0.25, 0.3) is 0 Å². The first-order chi connectivity index (χ1) is 11.7. The number of ether oxygens (including phenoxy) is 1. The van der Waals surface area contributed by atoms with Gasteiger partial charge in [0, 0.05) is 11.8 Å². The van der Waals surface area contributed by atoms with E-state index in [1.54, 1.807) is 6.92 Å². The molecule has 4 aliphatic carbocycles. The van der Waals surface area contributed by atoms with E-state index < -0.39 is 17.1 Å². The van der Waals surface area contributed by atoms with Gasteiger partial charge in [-0.15, -0.1) is 0 Å². The molecule has 0 amide bonds. The highest BCUT2D eigenvalue weighted by Crippen LogP contribution is 2.72. The minimum atomic E-state index is -0.768. The average Bonchev–Trinajstić information content (AvgIpc) is 3.23. The van der Waals surface area contributed by atoms with Crippen molar-refractivity contribution in [3.8, 4) is 0 Å². The molecule has 0 bridgehead atoms. The monoisotopic (exact) mass is 342 g/mol. The van der Waals surface area contributed by atoms with E-state index >= 15 is 0 Å². The van der Waals surface area contributed by atoms with Crippen LogP contribution >= 0.6 is 0 Å². The fraction of sp³-hybridized carbons (Fsp3) is 0.714. The summed E-state index contributed by atoms with van der Waals surface area (Å²) >= 11 is 0. The number of hydrogen-bond acceptors (Lipinski definition) is 4. The molecule has 1 heterocycles. The molecule has 1 N–H and O–H groups in total. The molecule has 8 atom stereocenters. The van der Waals surface area contributed by atoms with Crippen molar-refractivity contribution < 1.29 is 19.4 Å². The van der Waals surface area contributed by atoms with Crippen molar-refractivity contribution in [3.05, 3.63) is 23.8 Å². The molecule has 0 aromatic rings. The van der Waals surface area contributed by atoms with Gasteiger partial charge in [0.15, 0.2) is 17.2 Å². The summed E-state index contributed by atoms with van der Waals surface area (Å²) in [5.74, 6) is 1.21. The molecule has 5 rings (SSSR count). The smallest absolute Gasteiger partial charge is 0.164 e. The Kier molecular flexibility index (Phi) is 2.89. The molecule has 0 aromatic heterocycles. The maximum atomic E-state index is 12.4. The van der Waals surface area contributed by atoms with Crippen LogP contribution in [0.2, 0.25) is 0 Å². The first-order valence-electron chi connectivity index (χ1n) is 9.55. The Morgan fingerprint density at radius 3 is 2.76 bits per heavy atom. The minimum Gasteiger partial charge on any atom is -0.392 e. The fourth-order valence-electron chi connectivity index (χ4n) is 7.04. The molecule has 1 aliphatic heterocycles. The number of rotatable bonds is 1. The topological polar surface area (TPSA) is 66.9 Å². The molecule has 4 nitrogen and oxygen atoms in total. The van der Waals surface area contributed by atoms with Crippen LogP contribution in [0.15, 0.2) is 23.8 Å². The zero-order valence-corrected chi connectivity index (χ0v) is 15.1. The minimum absolute atomic E-state index is 0.0283. The maximum Gasteiger partial charge on any atom is 0.164 e. The molecule has 0 radical (unpaired) electrons. The van der Waals surface area contributed by atoms with Crippen molar-refractivity contribution >= 4 is 11.6 Å². The largest absolute Gasteiger partial charge is 0.392 e. The van der Waals surface area contributed by atoms with Gasteiger partial charge in [-0.2, -0.15) is 0 Å². The molecule has 134 valence electrons. The zero-order valence-electron chi connectivity index (χ0n) is 15.1. The summed E-state index contributed by atoms with van der Waals surface area (Å²) in [6.07, 6.45) is 8.61. The quantitative estimate of drug-likeness (QED) is 0.744. The number of allylic oxidation sites excluding steroid dienone is 4. The average molecular weight is 342 g/mol. The number of aliphatic hydroxyl groups is 1. The first-order valence-corrected chi connectivity index (χ1v) is 9.55. The van der Waals surface area contributed by atoms with Gasteiger partial charge in [-0.05, 0) is 61.0 Å². The van der Waals surface area contributed by atoms with Crippen LogP contribution in [0, 0.1) is 28.6 Å². The van der Waals surface area contributed by atoms with E-state index in [-0.39, 0.29) is 29.0 Å². The lowest BCUT2D eigenvalue weighted by molar-refractivity contribution is -0.156. The Morgan fingerprint density at radius 1 is 1.28 bits per heavy atom. The summed E-state index contributed by atoms with van der Waals surface area (Å²) in [5, 5.41) is 11.2. The van der Waals surface area contributed by atoms with Gasteiger partial charge in [0.05, 0.1) is 12.2 Å². The van der Waals surface area contributed by atoms with Crippen LogP contribution in [0.3, 0.4) is 0 Å². The van der Waals surface area contributed by atoms with Crippen molar-refractivity contribution in [2.75, 3.05) is 0 Å². The Hall–Kier alpha value is -1.26. The highest BCUT2D eigenvalue weighted by atomic mass is 16.6. The van der Waals surface area contributed by atoms with Gasteiger partial charge in [-0.3, -0.25) is 9.59 Å². The van der Waals surface area contributed by atoms with Gasteiger partial charge in [-0.1, -0.05) is 26.0 Å². The Bertz CT molecular complexity index is 751. The summed E-state index contributed by atoms with van der Waals surface area (Å²) in [4.78, 5) is 24.3. The predicted octanol–water partition coefficient (Wildman–Crippen LogP) is 2.60. The molecule has 0 aromatic carbocycles. The van der Waals surface area contributed by atoms with Gasteiger partial charge >= 0.3 is 0 Å². The van der Waals surface area contributed by atoms with Gasteiger partial charge in [0.25, 0.3) is 0 Å². The molecule has 0 spiro atoms. The lowest BCUT2D eigenvalue weighted by Gasteiger charge is -2.58. The molecular formula is C21H26O4. The lowest BCUT2D eigenvalue weighted by atomic mass is 9.47. The van der Waals surface area contributed by atoms with Crippen LogP contribution in [0.5, 0.6) is 0 Å². The zero-order chi connectivity index (χ0) is 17.8. The second-order valence-corrected chi connectivity index (χ2v) is 9.30. The van der Waals surface area contributed by atoms with Crippen LogP contribution in [0.1, 0.15) is 46.5 Å². The van der Waals surface area contributed by atoms with Gasteiger partial charge in [0.1, 0.15) is 0 Å². The van der Waals surface area contributed by atoms with Crippen LogP contribution in [-0.4, -0.2) is 34.5 Å². The lowest BCUT2D eigenvalue weighted by Crippen LogP contribution is -2.60. The molecule has 4 heteroatoms. The Morgan fingerprint density at radius 2 is 2.04 bits per heavy atom. The number of Topliss-reactive ketones (excluding diaryl/α,β-unsaturated/α-hetero) is 1. The Balaban J connectivity index is 1.60. The number of aliphatic hydroxyl groups excluding tert-OH is 1. The van der Waals surface area contributed by atoms with E-state index in [0.29, 0.717) is 24.7 Å². The molecule has 5 aliphatic rings. The molecule has 0 unspecified atom stereocenters. The van der Waals surface area contributed by atoms with Crippen LogP contribution in [0.4, 0.5) is 0 Å². The molecule has 2 saturated carbocycles. The van der Waals surface area contributed by atoms with E-state index in [0.717, 1.165) is 18.4 Å². The van der Waals surface area contributed by atoms with Gasteiger partial charge < -0.3 is 9.84 Å². The standard InChI is InChI=1S/C21H26O4/c1-11(22)21-18(25-21)10-16-14-5-4-12-8-13(23)6-7-19(12,2)15(14)9-17(24)20(16,21)3/h4-5,8,14-18,24H,6-7,9-10H2,1-3H3/t14-,15+,16+,17-,18+,19+,20-,21-/m1/s1. The summed E-state index contributed by atoms with van der Waals surface area (Å²) in [6.45, 7) is 5.94. The number of carbonyl (C=O) groups is 2. The maximum absolute atomic E-state index is 12.4. The number of ketones is 2. The highest BCUT2D eigenvalue weighted by molar-refractivity contribution is 5.92. The second-order valence-electron chi connectivity index (χ2n) is 9.30. The molecule has 3 fully saturated rings. The van der Waals surface area contributed by atoms with E-state index in [4.69, 9.17) is 4.74 Å². The first kappa shape index (κ1) is 16.0. The normalized spacial score (nSPS) is 55.6. The summed E-state index contributed by atoms with van der Waals surface area (Å²) in [5.41, 5.74) is -0.194. The summed E-state index contributed by atoms with van der Waals surface area (Å²) in [6, 6.07) is 0. The third-order valence-corrected chi connectivity index (χ3v) is 8.57. The molecular weight excluding hydrogens is 316 g/mol. The van der Waals surface area contributed by atoms with E-state index in [2.05, 4.69) is 26.0 Å². The van der Waals surface area contributed by atoms with E-state index in [9.17, 15) is 14.7 Å². The SMILES string of the molecule is CC(=O)[C@@]12O[C@H]1C[C@H]1[C@@H]3C=CC4=CC(=O)CC[C@]4(C)[C@H]3C[C@@H](O)[C@@]12C. The van der Waals surface area contributed by atoms with E-state index in [1.165, 1.54) is 0 Å². The highest BCUT2D eigenvalue weighted by Gasteiger charge is 2.81. The van der Waals surface area contributed by atoms with Crippen LogP contribution in [-0.2, 0) is 14.3 Å². The predicted molar refractivity (Wildman–Crippen MR) is 91.7 cm³/mol. The van der Waals surface area contributed by atoms with Gasteiger partial charge in [-0.25, -0.2) is 0 Å². The van der Waals surface area contributed by atoms with Crippen molar-refractivity contribution in [3.63, 3.8) is 0 Å². The summed E-state index contributed by atoms with van der Waals surface area (Å²) in [7, 11) is 0. The number of epoxide rings is 1. The second kappa shape index (κ2) is 4.52. The molecule has 1 saturated heterocycles. The molecule has 25 heavy (non-hydrogen) atoms. The fourth-order valence-corrected chi connectivity index (χ4v) is 7.04. The van der Waals surface area contributed by atoms with Crippen molar-refractivity contribution in [2.45, 2.75) is 64.3 Å². The number of hydrogen-bond donors (Lipinski definition) is 1. The van der Waals surface area contributed by atoms with Crippen molar-refractivity contribution in [1.29, 1.82) is 0 Å². The third-order valence-electron chi connectivity index (χ3n) is 8.57. The van der Waals surface area contributed by atoms with Crippen LogP contribution < -0.4 is 0 Å². The Labute approximate surface area is 148 Å². The third kappa shape index (κ3) is 1.62. The van der Waals surface area contributed by atoms with E-state index in [1.807, 2.05) is 6.08 Å². The number of carbonyl (C=O) groups excluding carboxylic acids is 2. The van der Waals surface area contributed by atoms with Gasteiger partial charge in [0.2, 0.25) is 0 Å². The number of fused-ring (bicyclic) bond motifs is 7.